The molecule has 3 aromatic carbocycles. The van der Waals surface area contributed by atoms with Gasteiger partial charge in [-0.25, -0.2) is 9.00 Å². The van der Waals surface area contributed by atoms with Crippen LogP contribution in [0.3, 0.4) is 0 Å². The number of methoxy groups -OCH3 is 1. The molecule has 0 aliphatic carbocycles. The zero-order chi connectivity index (χ0) is 19.9. The van der Waals surface area contributed by atoms with Crippen molar-refractivity contribution in [3.05, 3.63) is 66.2 Å². The quantitative estimate of drug-likeness (QED) is 0.549. The molecule has 7 heteroatoms. The molecule has 0 saturated heterocycles. The Hall–Kier alpha value is -2.90. The fraction of sp³-hybridized carbons (Fsp3) is 0.190. The van der Waals surface area contributed by atoms with E-state index in [4.69, 9.17) is 13.7 Å². The zero-order valence-electron chi connectivity index (χ0n) is 15.6. The molecule has 0 aliphatic heterocycles. The van der Waals surface area contributed by atoms with Crippen LogP contribution in [0.5, 0.6) is 11.5 Å². The standard InChI is InChI=1S/C21H21NO5S/c1-3-14-26-28(24)22-15-10-12-16(13-11-15)27-20-9-5-6-17-18(20)7-4-8-19(17)21(23)25-2/h4-13,22H,3,14H2,1-2H3. The largest absolute Gasteiger partial charge is 0.465 e. The number of esters is 1. The van der Waals surface area contributed by atoms with Gasteiger partial charge in [0.25, 0.3) is 11.3 Å². The highest BCUT2D eigenvalue weighted by Crippen LogP contribution is 2.32. The van der Waals surface area contributed by atoms with Crippen LogP contribution < -0.4 is 9.46 Å². The number of hydrogen-bond donors (Lipinski definition) is 1. The average Bonchev–Trinajstić information content (AvgIpc) is 2.73. The summed E-state index contributed by atoms with van der Waals surface area (Å²) in [5.74, 6) is 0.845. The van der Waals surface area contributed by atoms with Gasteiger partial charge in [0.1, 0.15) is 11.5 Å². The number of hydrogen-bond acceptors (Lipinski definition) is 5. The lowest BCUT2D eigenvalue weighted by Crippen LogP contribution is -2.08. The van der Waals surface area contributed by atoms with E-state index in [1.165, 1.54) is 7.11 Å². The SMILES string of the molecule is CCCOS(=O)Nc1ccc(Oc2cccc3c(C(=O)OC)cccc23)cc1. The summed E-state index contributed by atoms with van der Waals surface area (Å²) in [7, 11) is 1.36. The third kappa shape index (κ3) is 4.68. The number of carbonyl (C=O) groups is 1. The fourth-order valence-electron chi connectivity index (χ4n) is 2.66. The zero-order valence-corrected chi connectivity index (χ0v) is 16.5. The molecule has 146 valence electrons. The summed E-state index contributed by atoms with van der Waals surface area (Å²) in [4.78, 5) is 12.0. The summed E-state index contributed by atoms with van der Waals surface area (Å²) in [6.45, 7) is 2.38. The van der Waals surface area contributed by atoms with Crippen molar-refractivity contribution < 1.29 is 22.7 Å². The van der Waals surface area contributed by atoms with Crippen molar-refractivity contribution in [2.24, 2.45) is 0 Å². The lowest BCUT2D eigenvalue weighted by atomic mass is 10.0. The Bertz CT molecular complexity index is 988. The molecule has 3 aromatic rings. The first kappa shape index (κ1) is 19.9. The molecule has 1 N–H and O–H groups in total. The molecule has 1 unspecified atom stereocenters. The van der Waals surface area contributed by atoms with Crippen molar-refractivity contribution >= 4 is 33.7 Å². The molecule has 0 amide bonds. The molecule has 0 bridgehead atoms. The van der Waals surface area contributed by atoms with E-state index in [-0.39, 0.29) is 0 Å². The van der Waals surface area contributed by atoms with Crippen LogP contribution in [-0.2, 0) is 20.2 Å². The number of anilines is 1. The van der Waals surface area contributed by atoms with Gasteiger partial charge in [-0.3, -0.25) is 8.91 Å². The molecule has 1 atom stereocenters. The van der Waals surface area contributed by atoms with Crippen LogP contribution in [0.4, 0.5) is 5.69 Å². The third-order valence-electron chi connectivity index (χ3n) is 3.97. The maximum atomic E-state index is 12.0. The molecule has 0 radical (unpaired) electrons. The van der Waals surface area contributed by atoms with E-state index in [0.717, 1.165) is 17.2 Å². The Morgan fingerprint density at radius 2 is 1.71 bits per heavy atom. The minimum atomic E-state index is -1.58. The Morgan fingerprint density at radius 3 is 2.43 bits per heavy atom. The van der Waals surface area contributed by atoms with Crippen molar-refractivity contribution in [1.29, 1.82) is 0 Å². The first-order valence-electron chi connectivity index (χ1n) is 8.82. The van der Waals surface area contributed by atoms with Crippen LogP contribution in [-0.4, -0.2) is 23.9 Å². The van der Waals surface area contributed by atoms with E-state index in [0.29, 0.717) is 29.4 Å². The molecule has 6 nitrogen and oxygen atoms in total. The molecule has 3 rings (SSSR count). The van der Waals surface area contributed by atoms with Gasteiger partial charge in [-0.05, 0) is 48.2 Å². The summed E-state index contributed by atoms with van der Waals surface area (Å²) >= 11 is -1.58. The summed E-state index contributed by atoms with van der Waals surface area (Å²) in [6.07, 6.45) is 0.795. The highest BCUT2D eigenvalue weighted by molar-refractivity contribution is 7.81. The summed E-state index contributed by atoms with van der Waals surface area (Å²) in [6, 6.07) is 18.0. The molecule has 0 fully saturated rings. The minimum absolute atomic E-state index is 0.392. The predicted octanol–water partition coefficient (Wildman–Crippen LogP) is 4.84. The second-order valence-electron chi connectivity index (χ2n) is 5.93. The number of carbonyl (C=O) groups excluding carboxylic acids is 1. The Labute approximate surface area is 166 Å². The second kappa shape index (κ2) is 9.34. The van der Waals surface area contributed by atoms with Gasteiger partial charge in [-0.1, -0.05) is 31.2 Å². The Balaban J connectivity index is 1.79. The first-order chi connectivity index (χ1) is 13.6. The van der Waals surface area contributed by atoms with Crippen molar-refractivity contribution in [3.8, 4) is 11.5 Å². The highest BCUT2D eigenvalue weighted by Gasteiger charge is 2.12. The molecular weight excluding hydrogens is 378 g/mol. The maximum absolute atomic E-state index is 12.0. The normalized spacial score (nSPS) is 11.8. The van der Waals surface area contributed by atoms with Gasteiger partial charge in [0.15, 0.2) is 0 Å². The van der Waals surface area contributed by atoms with Crippen LogP contribution in [0, 0.1) is 0 Å². The summed E-state index contributed by atoms with van der Waals surface area (Å²) in [5.41, 5.74) is 1.15. The fourth-order valence-corrected chi connectivity index (χ4v) is 3.37. The second-order valence-corrected chi connectivity index (χ2v) is 6.84. The molecule has 0 heterocycles. The summed E-state index contributed by atoms with van der Waals surface area (Å²) < 4.78 is 30.4. The van der Waals surface area contributed by atoms with Crippen molar-refractivity contribution in [2.45, 2.75) is 13.3 Å². The van der Waals surface area contributed by atoms with E-state index < -0.39 is 17.2 Å². The van der Waals surface area contributed by atoms with Crippen molar-refractivity contribution in [1.82, 2.24) is 0 Å². The first-order valence-corrected chi connectivity index (χ1v) is 9.89. The van der Waals surface area contributed by atoms with Crippen LogP contribution >= 0.6 is 0 Å². The van der Waals surface area contributed by atoms with Crippen LogP contribution in [0.2, 0.25) is 0 Å². The van der Waals surface area contributed by atoms with Gasteiger partial charge in [-0.15, -0.1) is 0 Å². The van der Waals surface area contributed by atoms with Crippen molar-refractivity contribution in [2.75, 3.05) is 18.4 Å². The van der Waals surface area contributed by atoms with Gasteiger partial charge in [-0.2, -0.15) is 0 Å². The average molecular weight is 399 g/mol. The monoisotopic (exact) mass is 399 g/mol. The van der Waals surface area contributed by atoms with Crippen LogP contribution in [0.15, 0.2) is 60.7 Å². The Morgan fingerprint density at radius 1 is 1.00 bits per heavy atom. The highest BCUT2D eigenvalue weighted by atomic mass is 32.2. The number of fused-ring (bicyclic) bond motifs is 1. The van der Waals surface area contributed by atoms with Gasteiger partial charge in [0.2, 0.25) is 0 Å². The van der Waals surface area contributed by atoms with Gasteiger partial charge < -0.3 is 9.47 Å². The lowest BCUT2D eigenvalue weighted by Gasteiger charge is -2.12. The van der Waals surface area contributed by atoms with Crippen molar-refractivity contribution in [3.63, 3.8) is 0 Å². The van der Waals surface area contributed by atoms with Crippen LogP contribution in [0.1, 0.15) is 23.7 Å². The van der Waals surface area contributed by atoms with Gasteiger partial charge in [0, 0.05) is 11.1 Å². The van der Waals surface area contributed by atoms with Gasteiger partial charge >= 0.3 is 5.97 Å². The molecule has 0 aromatic heterocycles. The predicted molar refractivity (Wildman–Crippen MR) is 110 cm³/mol. The number of nitrogens with one attached hydrogen (secondary N) is 1. The lowest BCUT2D eigenvalue weighted by molar-refractivity contribution is 0.0603. The molecule has 0 saturated carbocycles. The number of ether oxygens (including phenoxy) is 2. The Kier molecular flexibility index (Phi) is 6.62. The minimum Gasteiger partial charge on any atom is -0.465 e. The molecule has 0 aliphatic rings. The maximum Gasteiger partial charge on any atom is 0.338 e. The van der Waals surface area contributed by atoms with E-state index in [1.54, 1.807) is 36.4 Å². The van der Waals surface area contributed by atoms with Crippen LogP contribution in [0.25, 0.3) is 10.8 Å². The topological polar surface area (TPSA) is 73.9 Å². The third-order valence-corrected chi connectivity index (χ3v) is 4.75. The molecule has 0 spiro atoms. The molecule has 28 heavy (non-hydrogen) atoms. The van der Waals surface area contributed by atoms with E-state index >= 15 is 0 Å². The van der Waals surface area contributed by atoms with E-state index in [2.05, 4.69) is 4.72 Å². The number of benzene rings is 3. The smallest absolute Gasteiger partial charge is 0.338 e. The van der Waals surface area contributed by atoms with E-state index in [9.17, 15) is 9.00 Å². The van der Waals surface area contributed by atoms with E-state index in [1.807, 2.05) is 31.2 Å². The number of rotatable bonds is 8. The molecular formula is C21H21NO5S. The van der Waals surface area contributed by atoms with Gasteiger partial charge in [0.05, 0.1) is 19.3 Å². The summed E-state index contributed by atoms with van der Waals surface area (Å²) in [5, 5.41) is 1.57.